The van der Waals surface area contributed by atoms with Gasteiger partial charge in [0, 0.05) is 51.9 Å². The van der Waals surface area contributed by atoms with Crippen molar-refractivity contribution in [3.63, 3.8) is 0 Å². The van der Waals surface area contributed by atoms with Gasteiger partial charge in [-0.2, -0.15) is 13.2 Å². The second-order valence-corrected chi connectivity index (χ2v) is 7.96. The summed E-state index contributed by atoms with van der Waals surface area (Å²) in [7, 11) is 0. The number of piperidine rings is 1. The minimum Gasteiger partial charge on any atom is -0.369 e. The van der Waals surface area contributed by atoms with Crippen molar-refractivity contribution in [1.29, 1.82) is 0 Å². The van der Waals surface area contributed by atoms with Crippen LogP contribution in [0.15, 0.2) is 24.3 Å². The Labute approximate surface area is 181 Å². The second-order valence-electron chi connectivity index (χ2n) is 7.96. The molecule has 2 fully saturated rings. The van der Waals surface area contributed by atoms with Crippen molar-refractivity contribution >= 4 is 29.8 Å². The molecule has 0 N–H and O–H groups in total. The highest BCUT2D eigenvalue weighted by atomic mass is 35.5. The number of carbonyl (C=O) groups is 2. The number of ketones is 1. The van der Waals surface area contributed by atoms with Crippen molar-refractivity contribution in [1.82, 2.24) is 9.80 Å². The molecule has 0 bridgehead atoms. The van der Waals surface area contributed by atoms with E-state index in [4.69, 9.17) is 0 Å². The van der Waals surface area contributed by atoms with E-state index < -0.39 is 17.5 Å². The molecule has 0 aliphatic carbocycles. The smallest absolute Gasteiger partial charge is 0.369 e. The number of hydrogen-bond donors (Lipinski definition) is 0. The first kappa shape index (κ1) is 24.5. The Hall–Kier alpha value is -1.80. The topological polar surface area (TPSA) is 43.9 Å². The van der Waals surface area contributed by atoms with Crippen LogP contribution in [-0.2, 0) is 15.8 Å². The number of halogens is 4. The van der Waals surface area contributed by atoms with Crippen molar-refractivity contribution in [2.45, 2.75) is 32.4 Å². The summed E-state index contributed by atoms with van der Waals surface area (Å²) < 4.78 is 38.8. The van der Waals surface area contributed by atoms with Gasteiger partial charge < -0.3 is 9.80 Å². The van der Waals surface area contributed by atoms with E-state index in [1.807, 2.05) is 4.90 Å². The largest absolute Gasteiger partial charge is 0.416 e. The van der Waals surface area contributed by atoms with E-state index in [1.165, 1.54) is 19.1 Å². The zero-order valence-electron chi connectivity index (χ0n) is 17.2. The second kappa shape index (κ2) is 10.5. The minimum atomic E-state index is -4.32. The highest BCUT2D eigenvalue weighted by Crippen LogP contribution is 2.32. The van der Waals surface area contributed by atoms with Gasteiger partial charge in [0.15, 0.2) is 0 Å². The van der Waals surface area contributed by atoms with Crippen LogP contribution >= 0.6 is 12.4 Å². The summed E-state index contributed by atoms with van der Waals surface area (Å²) in [5.74, 6) is -0.233. The number of piperazine rings is 1. The zero-order valence-corrected chi connectivity index (χ0v) is 18.0. The Morgan fingerprint density at radius 2 is 1.67 bits per heavy atom. The van der Waals surface area contributed by atoms with E-state index in [0.29, 0.717) is 37.8 Å². The molecular formula is C21H29ClF3N3O2. The van der Waals surface area contributed by atoms with Crippen LogP contribution in [0.3, 0.4) is 0 Å². The Morgan fingerprint density at radius 3 is 2.23 bits per heavy atom. The Kier molecular flexibility index (Phi) is 8.55. The summed E-state index contributed by atoms with van der Waals surface area (Å²) in [6.45, 7) is 6.66. The summed E-state index contributed by atoms with van der Waals surface area (Å²) in [6.07, 6.45) is -1.43. The van der Waals surface area contributed by atoms with Crippen molar-refractivity contribution < 1.29 is 22.8 Å². The fraction of sp³-hybridized carbons (Fsp3) is 0.619. The number of alkyl halides is 3. The third-order valence-corrected chi connectivity index (χ3v) is 5.97. The van der Waals surface area contributed by atoms with Crippen LogP contribution in [0.2, 0.25) is 0 Å². The van der Waals surface area contributed by atoms with Crippen LogP contribution in [0, 0.1) is 5.92 Å². The van der Waals surface area contributed by atoms with Crippen LogP contribution in [-0.4, -0.2) is 67.3 Å². The summed E-state index contributed by atoms with van der Waals surface area (Å²) in [4.78, 5) is 28.9. The van der Waals surface area contributed by atoms with Gasteiger partial charge in [-0.3, -0.25) is 14.5 Å². The van der Waals surface area contributed by atoms with Gasteiger partial charge in [-0.15, -0.1) is 12.4 Å². The molecule has 0 atom stereocenters. The molecule has 168 valence electrons. The maximum atomic E-state index is 12.9. The summed E-state index contributed by atoms with van der Waals surface area (Å²) in [5.41, 5.74) is 0.0222. The molecule has 30 heavy (non-hydrogen) atoms. The Bertz CT molecular complexity index is 728. The molecule has 0 aromatic heterocycles. The van der Waals surface area contributed by atoms with Gasteiger partial charge >= 0.3 is 6.18 Å². The number of hydrogen-bond acceptors (Lipinski definition) is 4. The van der Waals surface area contributed by atoms with E-state index >= 15 is 0 Å². The number of rotatable bonds is 5. The number of amides is 1. The predicted molar refractivity (Wildman–Crippen MR) is 112 cm³/mol. The number of Topliss-reactive ketones (excluding diaryl/α,β-unsaturated/α-hetero) is 1. The van der Waals surface area contributed by atoms with Gasteiger partial charge in [0.2, 0.25) is 5.78 Å². The van der Waals surface area contributed by atoms with E-state index in [9.17, 15) is 22.8 Å². The first-order valence-corrected chi connectivity index (χ1v) is 10.2. The standard InChI is InChI=1S/C21H28F3N3O2.ClH/c1-16(28)20(29)27-9-6-17(7-10-27)5-8-25-11-13-26(14-12-25)19-4-2-3-18(15-19)21(22,23)24;/h2-4,15,17H,5-14H2,1H3;1H. The van der Waals surface area contributed by atoms with Gasteiger partial charge in [0.25, 0.3) is 5.91 Å². The molecule has 5 nitrogen and oxygen atoms in total. The predicted octanol–water partition coefficient (Wildman–Crippen LogP) is 3.47. The van der Waals surface area contributed by atoms with Crippen molar-refractivity contribution in [2.75, 3.05) is 50.7 Å². The average molecular weight is 448 g/mol. The lowest BCUT2D eigenvalue weighted by molar-refractivity contribution is -0.144. The highest BCUT2D eigenvalue weighted by Gasteiger charge is 2.31. The van der Waals surface area contributed by atoms with Gasteiger partial charge in [-0.25, -0.2) is 0 Å². The quantitative estimate of drug-likeness (QED) is 0.648. The molecule has 2 heterocycles. The van der Waals surface area contributed by atoms with Gasteiger partial charge in [0.1, 0.15) is 0 Å². The molecule has 2 aliphatic heterocycles. The average Bonchev–Trinajstić information content (AvgIpc) is 2.72. The van der Waals surface area contributed by atoms with Crippen molar-refractivity contribution in [3.05, 3.63) is 29.8 Å². The third kappa shape index (κ3) is 6.35. The summed E-state index contributed by atoms with van der Waals surface area (Å²) in [6, 6.07) is 5.54. The first-order valence-electron chi connectivity index (χ1n) is 10.2. The fourth-order valence-corrected chi connectivity index (χ4v) is 4.12. The summed E-state index contributed by atoms with van der Waals surface area (Å²) >= 11 is 0. The molecule has 2 aliphatic rings. The molecule has 9 heteroatoms. The number of anilines is 1. The molecule has 0 radical (unpaired) electrons. The first-order chi connectivity index (χ1) is 13.7. The number of carbonyl (C=O) groups excluding carboxylic acids is 2. The molecule has 0 unspecified atom stereocenters. The van der Waals surface area contributed by atoms with Gasteiger partial charge in [-0.05, 0) is 49.9 Å². The SMILES string of the molecule is CC(=O)C(=O)N1CCC(CCN2CCN(c3cccc(C(F)(F)F)c3)CC2)CC1.Cl. The lowest BCUT2D eigenvalue weighted by Crippen LogP contribution is -2.47. The fourth-order valence-electron chi connectivity index (χ4n) is 4.12. The van der Waals surface area contributed by atoms with Crippen LogP contribution in [0.1, 0.15) is 31.7 Å². The van der Waals surface area contributed by atoms with E-state index in [2.05, 4.69) is 4.90 Å². The maximum absolute atomic E-state index is 12.9. The lowest BCUT2D eigenvalue weighted by Gasteiger charge is -2.37. The van der Waals surface area contributed by atoms with Gasteiger partial charge in [-0.1, -0.05) is 6.07 Å². The monoisotopic (exact) mass is 447 g/mol. The zero-order chi connectivity index (χ0) is 21.0. The third-order valence-electron chi connectivity index (χ3n) is 5.97. The molecule has 3 rings (SSSR count). The van der Waals surface area contributed by atoms with Crippen LogP contribution in [0.4, 0.5) is 18.9 Å². The Morgan fingerprint density at radius 1 is 1.03 bits per heavy atom. The molecule has 1 aromatic carbocycles. The molecule has 1 amide bonds. The van der Waals surface area contributed by atoms with E-state index in [-0.39, 0.29) is 18.3 Å². The molecule has 0 saturated carbocycles. The van der Waals surface area contributed by atoms with Crippen LogP contribution in [0.25, 0.3) is 0 Å². The molecule has 2 saturated heterocycles. The van der Waals surface area contributed by atoms with Crippen molar-refractivity contribution in [2.24, 2.45) is 5.92 Å². The lowest BCUT2D eigenvalue weighted by atomic mass is 9.93. The van der Waals surface area contributed by atoms with Crippen molar-refractivity contribution in [3.8, 4) is 0 Å². The number of nitrogens with zero attached hydrogens (tertiary/aromatic N) is 3. The normalized spacial score (nSPS) is 18.8. The molecular weight excluding hydrogens is 419 g/mol. The maximum Gasteiger partial charge on any atom is 0.416 e. The van der Waals surface area contributed by atoms with E-state index in [1.54, 1.807) is 11.0 Å². The highest BCUT2D eigenvalue weighted by molar-refractivity contribution is 6.35. The number of likely N-dealkylation sites (tertiary alicyclic amines) is 1. The Balaban J connectivity index is 0.00000320. The van der Waals surface area contributed by atoms with Crippen LogP contribution < -0.4 is 4.90 Å². The van der Waals surface area contributed by atoms with Crippen LogP contribution in [0.5, 0.6) is 0 Å². The molecule has 1 aromatic rings. The number of benzene rings is 1. The molecule has 0 spiro atoms. The van der Waals surface area contributed by atoms with E-state index in [0.717, 1.165) is 45.0 Å². The van der Waals surface area contributed by atoms with Gasteiger partial charge in [0.05, 0.1) is 5.56 Å². The minimum absolute atomic E-state index is 0. The summed E-state index contributed by atoms with van der Waals surface area (Å²) in [5, 5.41) is 0.